The molecule has 0 spiro atoms. The number of carbonyl (C=O) groups is 1. The zero-order valence-corrected chi connectivity index (χ0v) is 15.3. The van der Waals surface area contributed by atoms with Gasteiger partial charge in [-0.05, 0) is 30.5 Å². The number of nitrogens with zero attached hydrogens (tertiary/aromatic N) is 1. The molecule has 1 aliphatic heterocycles. The van der Waals surface area contributed by atoms with Crippen LogP contribution in [0.25, 0.3) is 0 Å². The van der Waals surface area contributed by atoms with Crippen LogP contribution in [0.5, 0.6) is 11.5 Å². The number of benzene rings is 1. The van der Waals surface area contributed by atoms with Gasteiger partial charge in [0.05, 0.1) is 13.7 Å². The second-order valence-corrected chi connectivity index (χ2v) is 6.61. The van der Waals surface area contributed by atoms with Crippen LogP contribution in [0.1, 0.15) is 39.2 Å². The van der Waals surface area contributed by atoms with Crippen LogP contribution in [0, 0.1) is 5.92 Å². The number of hydrogen-bond acceptors (Lipinski definition) is 4. The zero-order chi connectivity index (χ0) is 17.5. The first-order valence-corrected chi connectivity index (χ1v) is 8.88. The molecule has 1 aromatic rings. The number of hydrogen-bond donors (Lipinski definition) is 1. The highest BCUT2D eigenvalue weighted by molar-refractivity contribution is 5.78. The summed E-state index contributed by atoms with van der Waals surface area (Å²) in [6, 6.07) is 5.88. The summed E-state index contributed by atoms with van der Waals surface area (Å²) in [5, 5.41) is 3.03. The zero-order valence-electron chi connectivity index (χ0n) is 15.3. The van der Waals surface area contributed by atoms with Crippen LogP contribution in [-0.2, 0) is 11.3 Å². The molecule has 0 aromatic heterocycles. The Kier molecular flexibility index (Phi) is 6.91. The van der Waals surface area contributed by atoms with Gasteiger partial charge in [-0.1, -0.05) is 27.2 Å². The molecule has 134 valence electrons. The van der Waals surface area contributed by atoms with Crippen molar-refractivity contribution in [2.24, 2.45) is 5.92 Å². The van der Waals surface area contributed by atoms with Gasteiger partial charge in [0.2, 0.25) is 5.91 Å². The summed E-state index contributed by atoms with van der Waals surface area (Å²) in [6.07, 6.45) is 2.08. The van der Waals surface area contributed by atoms with E-state index >= 15 is 0 Å². The fourth-order valence-electron chi connectivity index (χ4n) is 2.76. The Hall–Kier alpha value is -1.75. The second kappa shape index (κ2) is 8.92. The Bertz CT molecular complexity index is 547. The Morgan fingerprint density at radius 1 is 1.46 bits per heavy atom. The van der Waals surface area contributed by atoms with Crippen molar-refractivity contribution in [3.8, 4) is 11.5 Å². The van der Waals surface area contributed by atoms with E-state index in [0.29, 0.717) is 19.0 Å². The van der Waals surface area contributed by atoms with Crippen molar-refractivity contribution in [1.82, 2.24) is 10.2 Å². The minimum Gasteiger partial charge on any atom is -0.497 e. The molecule has 1 aliphatic rings. The molecular weight excluding hydrogens is 304 g/mol. The van der Waals surface area contributed by atoms with Gasteiger partial charge in [0.1, 0.15) is 17.6 Å². The Morgan fingerprint density at radius 2 is 2.25 bits per heavy atom. The van der Waals surface area contributed by atoms with E-state index in [9.17, 15) is 4.79 Å². The van der Waals surface area contributed by atoms with Crippen molar-refractivity contribution in [3.63, 3.8) is 0 Å². The minimum absolute atomic E-state index is 0.0801. The number of fused-ring (bicyclic) bond motifs is 1. The summed E-state index contributed by atoms with van der Waals surface area (Å²) in [5.41, 5.74) is 1.07. The number of methoxy groups -OCH3 is 1. The van der Waals surface area contributed by atoms with E-state index in [1.54, 1.807) is 7.11 Å². The topological polar surface area (TPSA) is 50.8 Å². The normalized spacial score (nSPS) is 18.9. The van der Waals surface area contributed by atoms with Crippen LogP contribution >= 0.6 is 0 Å². The molecule has 2 rings (SSSR count). The number of carbonyl (C=O) groups excluding carboxylic acids is 1. The molecule has 1 amide bonds. The lowest BCUT2D eigenvalue weighted by Crippen LogP contribution is -2.41. The third-order valence-corrected chi connectivity index (χ3v) is 4.58. The van der Waals surface area contributed by atoms with Crippen molar-refractivity contribution >= 4 is 5.91 Å². The molecule has 5 heteroatoms. The average molecular weight is 334 g/mol. The third-order valence-electron chi connectivity index (χ3n) is 4.58. The van der Waals surface area contributed by atoms with E-state index in [1.165, 1.54) is 0 Å². The quantitative estimate of drug-likeness (QED) is 0.833. The minimum atomic E-state index is 0.0801. The van der Waals surface area contributed by atoms with Crippen LogP contribution in [0.2, 0.25) is 0 Å². The standard InChI is InChI=1S/C19H30N2O3/c1-5-14(3)10-20-19(22)13-21-11-15-9-17(23-4)7-8-18(15)24-16(6-2)12-21/h7-9,14,16H,5-6,10-13H2,1-4H3,(H,20,22). The van der Waals surface area contributed by atoms with Crippen LogP contribution in [0.3, 0.4) is 0 Å². The maximum Gasteiger partial charge on any atom is 0.234 e. The van der Waals surface area contributed by atoms with E-state index in [4.69, 9.17) is 9.47 Å². The predicted octanol–water partition coefficient (Wildman–Crippen LogP) is 2.83. The van der Waals surface area contributed by atoms with Gasteiger partial charge < -0.3 is 14.8 Å². The fraction of sp³-hybridized carbons (Fsp3) is 0.632. The maximum absolute atomic E-state index is 12.3. The lowest BCUT2D eigenvalue weighted by molar-refractivity contribution is -0.122. The Labute approximate surface area is 145 Å². The smallest absolute Gasteiger partial charge is 0.234 e. The van der Waals surface area contributed by atoms with Gasteiger partial charge in [0, 0.05) is 25.2 Å². The number of rotatable bonds is 7. The van der Waals surface area contributed by atoms with E-state index in [2.05, 4.69) is 31.0 Å². The van der Waals surface area contributed by atoms with Crippen molar-refractivity contribution in [3.05, 3.63) is 23.8 Å². The largest absolute Gasteiger partial charge is 0.497 e. The van der Waals surface area contributed by atoms with Crippen molar-refractivity contribution < 1.29 is 14.3 Å². The summed E-state index contributed by atoms with van der Waals surface area (Å²) < 4.78 is 11.4. The first-order valence-electron chi connectivity index (χ1n) is 8.88. The van der Waals surface area contributed by atoms with E-state index < -0.39 is 0 Å². The molecule has 0 saturated heterocycles. The number of amides is 1. The molecule has 1 aromatic carbocycles. The van der Waals surface area contributed by atoms with E-state index in [-0.39, 0.29) is 12.0 Å². The van der Waals surface area contributed by atoms with E-state index in [0.717, 1.165) is 43.0 Å². The molecule has 2 atom stereocenters. The van der Waals surface area contributed by atoms with Crippen LogP contribution in [0.15, 0.2) is 18.2 Å². The van der Waals surface area contributed by atoms with Crippen LogP contribution in [0.4, 0.5) is 0 Å². The highest BCUT2D eigenvalue weighted by Gasteiger charge is 2.23. The summed E-state index contributed by atoms with van der Waals surface area (Å²) in [4.78, 5) is 14.4. The van der Waals surface area contributed by atoms with Crippen molar-refractivity contribution in [1.29, 1.82) is 0 Å². The molecule has 1 N–H and O–H groups in total. The first-order chi connectivity index (χ1) is 11.5. The average Bonchev–Trinajstić information content (AvgIpc) is 2.77. The molecule has 0 bridgehead atoms. The molecule has 2 unspecified atom stereocenters. The Morgan fingerprint density at radius 3 is 2.92 bits per heavy atom. The second-order valence-electron chi connectivity index (χ2n) is 6.61. The van der Waals surface area contributed by atoms with Crippen LogP contribution < -0.4 is 14.8 Å². The number of ether oxygens (including phenoxy) is 2. The highest BCUT2D eigenvalue weighted by Crippen LogP contribution is 2.29. The van der Waals surface area contributed by atoms with Gasteiger partial charge in [-0.2, -0.15) is 0 Å². The molecule has 0 aliphatic carbocycles. The lowest BCUT2D eigenvalue weighted by Gasteiger charge is -2.23. The Balaban J connectivity index is 2.05. The first kappa shape index (κ1) is 18.6. The molecule has 5 nitrogen and oxygen atoms in total. The van der Waals surface area contributed by atoms with Gasteiger partial charge in [0.25, 0.3) is 0 Å². The third kappa shape index (κ3) is 5.13. The fourth-order valence-corrected chi connectivity index (χ4v) is 2.76. The van der Waals surface area contributed by atoms with Gasteiger partial charge >= 0.3 is 0 Å². The lowest BCUT2D eigenvalue weighted by atomic mass is 10.1. The summed E-state index contributed by atoms with van der Waals surface area (Å²) >= 11 is 0. The van der Waals surface area contributed by atoms with Crippen LogP contribution in [-0.4, -0.2) is 43.7 Å². The number of nitrogens with one attached hydrogen (secondary N) is 1. The van der Waals surface area contributed by atoms with Gasteiger partial charge in [-0.3, -0.25) is 9.69 Å². The van der Waals surface area contributed by atoms with Crippen molar-refractivity contribution in [2.75, 3.05) is 26.7 Å². The maximum atomic E-state index is 12.3. The molecule has 0 fully saturated rings. The molecule has 24 heavy (non-hydrogen) atoms. The molecule has 1 heterocycles. The highest BCUT2D eigenvalue weighted by atomic mass is 16.5. The summed E-state index contributed by atoms with van der Waals surface area (Å²) in [7, 11) is 1.66. The molecule has 0 radical (unpaired) electrons. The molecule has 0 saturated carbocycles. The van der Waals surface area contributed by atoms with E-state index in [1.807, 2.05) is 18.2 Å². The SMILES string of the molecule is CCC(C)CNC(=O)CN1Cc2cc(OC)ccc2OC(CC)C1. The summed E-state index contributed by atoms with van der Waals surface area (Å²) in [6.45, 7) is 8.98. The molecular formula is C19H30N2O3. The predicted molar refractivity (Wildman–Crippen MR) is 95.4 cm³/mol. The van der Waals surface area contributed by atoms with Crippen molar-refractivity contribution in [2.45, 2.75) is 46.3 Å². The van der Waals surface area contributed by atoms with Gasteiger partial charge in [-0.15, -0.1) is 0 Å². The summed E-state index contributed by atoms with van der Waals surface area (Å²) in [5.74, 6) is 2.30. The van der Waals surface area contributed by atoms with Gasteiger partial charge in [0.15, 0.2) is 0 Å². The monoisotopic (exact) mass is 334 g/mol. The van der Waals surface area contributed by atoms with Gasteiger partial charge in [-0.25, -0.2) is 0 Å².